The van der Waals surface area contributed by atoms with Gasteiger partial charge in [0.05, 0.1) is 0 Å². The molecule has 21 heavy (non-hydrogen) atoms. The second-order valence-electron chi connectivity index (χ2n) is 5.30. The van der Waals surface area contributed by atoms with Gasteiger partial charge in [-0.25, -0.2) is 0 Å². The van der Waals surface area contributed by atoms with E-state index in [-0.39, 0.29) is 5.78 Å². The van der Waals surface area contributed by atoms with Gasteiger partial charge >= 0.3 is 0 Å². The van der Waals surface area contributed by atoms with E-state index >= 15 is 0 Å². The zero-order chi connectivity index (χ0) is 14.7. The quantitative estimate of drug-likeness (QED) is 0.717. The average molecular weight is 278 g/mol. The Hall–Kier alpha value is -2.42. The number of aromatic nitrogens is 2. The van der Waals surface area contributed by atoms with E-state index in [1.54, 1.807) is 6.20 Å². The van der Waals surface area contributed by atoms with Gasteiger partial charge in [0.25, 0.3) is 0 Å². The lowest BCUT2D eigenvalue weighted by Crippen LogP contribution is -2.07. The molecule has 3 heteroatoms. The number of nitrogens with zero attached hydrogens (tertiary/aromatic N) is 2. The number of carbonyl (C=O) groups excluding carboxylic acids is 1. The van der Waals surface area contributed by atoms with Crippen molar-refractivity contribution in [2.24, 2.45) is 7.05 Å². The molecule has 2 aromatic carbocycles. The smallest absolute Gasteiger partial charge is 0.137 e. The molecule has 3 aromatic rings. The fraction of sp³-hybridized carbons (Fsp3) is 0.222. The van der Waals surface area contributed by atoms with Gasteiger partial charge in [0.15, 0.2) is 0 Å². The highest BCUT2D eigenvalue weighted by atomic mass is 16.1. The van der Waals surface area contributed by atoms with Crippen molar-refractivity contribution in [1.29, 1.82) is 0 Å². The number of hydrogen-bond donors (Lipinski definition) is 0. The first-order valence-corrected chi connectivity index (χ1v) is 7.19. The number of ketones is 1. The van der Waals surface area contributed by atoms with E-state index in [0.29, 0.717) is 12.8 Å². The first-order chi connectivity index (χ1) is 10.2. The molecular formula is C18H18N2O. The Bertz CT molecular complexity index is 768. The summed E-state index contributed by atoms with van der Waals surface area (Å²) in [5, 5.41) is 6.49. The number of aryl methyl sites for hydroxylation is 2. The third-order valence-electron chi connectivity index (χ3n) is 3.85. The Kier molecular flexibility index (Phi) is 3.82. The molecular weight excluding hydrogens is 260 g/mol. The first kappa shape index (κ1) is 13.6. The molecule has 0 aliphatic heterocycles. The highest BCUT2D eigenvalue weighted by Crippen LogP contribution is 2.19. The minimum absolute atomic E-state index is 0.271. The van der Waals surface area contributed by atoms with Crippen molar-refractivity contribution in [2.45, 2.75) is 19.3 Å². The molecule has 1 heterocycles. The molecule has 0 aliphatic rings. The summed E-state index contributed by atoms with van der Waals surface area (Å²) in [5.41, 5.74) is 2.21. The van der Waals surface area contributed by atoms with E-state index in [0.717, 1.165) is 17.7 Å². The van der Waals surface area contributed by atoms with Gasteiger partial charge in [0.1, 0.15) is 5.78 Å². The van der Waals surface area contributed by atoms with Gasteiger partial charge in [-0.05, 0) is 28.8 Å². The minimum Gasteiger partial charge on any atom is -0.299 e. The van der Waals surface area contributed by atoms with Crippen LogP contribution in [0.15, 0.2) is 54.7 Å². The molecule has 0 atom stereocenters. The van der Waals surface area contributed by atoms with E-state index in [9.17, 15) is 4.79 Å². The molecule has 0 N–H and O–H groups in total. The second-order valence-corrected chi connectivity index (χ2v) is 5.30. The molecule has 0 fully saturated rings. The van der Waals surface area contributed by atoms with Crippen molar-refractivity contribution < 1.29 is 4.79 Å². The van der Waals surface area contributed by atoms with Gasteiger partial charge in [-0.2, -0.15) is 5.10 Å². The van der Waals surface area contributed by atoms with Crippen LogP contribution < -0.4 is 0 Å². The van der Waals surface area contributed by atoms with Crippen LogP contribution in [0.3, 0.4) is 0 Å². The van der Waals surface area contributed by atoms with Crippen molar-refractivity contribution in [2.75, 3.05) is 0 Å². The van der Waals surface area contributed by atoms with Gasteiger partial charge < -0.3 is 0 Å². The van der Waals surface area contributed by atoms with E-state index in [1.807, 2.05) is 42.1 Å². The monoisotopic (exact) mass is 278 g/mol. The molecule has 0 bridgehead atoms. The predicted octanol–water partition coefficient (Wildman–Crippen LogP) is 3.32. The van der Waals surface area contributed by atoms with Gasteiger partial charge in [0.2, 0.25) is 0 Å². The van der Waals surface area contributed by atoms with Gasteiger partial charge in [-0.3, -0.25) is 9.48 Å². The summed E-state index contributed by atoms with van der Waals surface area (Å²) in [6, 6.07) is 16.3. The standard InChI is InChI=1S/C18H18N2O/c1-20-16(11-12-19-20)9-10-17(21)13-15-7-4-6-14-5-2-3-8-18(14)15/h2-8,11-12H,9-10,13H2,1H3. The van der Waals surface area contributed by atoms with Crippen molar-refractivity contribution in [1.82, 2.24) is 9.78 Å². The van der Waals surface area contributed by atoms with Crippen LogP contribution in [0, 0.1) is 0 Å². The number of rotatable bonds is 5. The largest absolute Gasteiger partial charge is 0.299 e. The lowest BCUT2D eigenvalue weighted by atomic mass is 9.99. The topological polar surface area (TPSA) is 34.9 Å². The Morgan fingerprint density at radius 1 is 1.10 bits per heavy atom. The van der Waals surface area contributed by atoms with Crippen molar-refractivity contribution in [3.8, 4) is 0 Å². The Balaban J connectivity index is 1.70. The summed E-state index contributed by atoms with van der Waals surface area (Å²) in [7, 11) is 1.91. The summed E-state index contributed by atoms with van der Waals surface area (Å²) in [6.07, 6.45) is 3.58. The number of hydrogen-bond acceptors (Lipinski definition) is 2. The fourth-order valence-electron chi connectivity index (χ4n) is 2.66. The summed E-state index contributed by atoms with van der Waals surface area (Å²) in [5.74, 6) is 0.271. The third-order valence-corrected chi connectivity index (χ3v) is 3.85. The lowest BCUT2D eigenvalue weighted by molar-refractivity contribution is -0.118. The van der Waals surface area contributed by atoms with Gasteiger partial charge in [-0.1, -0.05) is 42.5 Å². The van der Waals surface area contributed by atoms with Crippen LogP contribution in [-0.2, 0) is 24.7 Å². The van der Waals surface area contributed by atoms with Gasteiger partial charge in [-0.15, -0.1) is 0 Å². The lowest BCUT2D eigenvalue weighted by Gasteiger charge is -2.06. The van der Waals surface area contributed by atoms with Crippen LogP contribution in [0.5, 0.6) is 0 Å². The summed E-state index contributed by atoms with van der Waals surface area (Å²) >= 11 is 0. The molecule has 0 amide bonds. The molecule has 0 aliphatic carbocycles. The summed E-state index contributed by atoms with van der Waals surface area (Å²) < 4.78 is 1.82. The Morgan fingerprint density at radius 2 is 1.90 bits per heavy atom. The molecule has 0 unspecified atom stereocenters. The highest BCUT2D eigenvalue weighted by molar-refractivity contribution is 5.90. The van der Waals surface area contributed by atoms with Gasteiger partial charge in [0, 0.05) is 31.8 Å². The van der Waals surface area contributed by atoms with E-state index < -0.39 is 0 Å². The molecule has 0 saturated heterocycles. The maximum atomic E-state index is 12.2. The van der Waals surface area contributed by atoms with Crippen LogP contribution >= 0.6 is 0 Å². The maximum Gasteiger partial charge on any atom is 0.137 e. The summed E-state index contributed by atoms with van der Waals surface area (Å²) in [4.78, 5) is 12.2. The first-order valence-electron chi connectivity index (χ1n) is 7.19. The number of carbonyl (C=O) groups is 1. The number of benzene rings is 2. The highest BCUT2D eigenvalue weighted by Gasteiger charge is 2.08. The molecule has 0 spiro atoms. The predicted molar refractivity (Wildman–Crippen MR) is 84.2 cm³/mol. The van der Waals surface area contributed by atoms with E-state index in [1.165, 1.54) is 10.8 Å². The average Bonchev–Trinajstić information content (AvgIpc) is 2.91. The molecule has 0 saturated carbocycles. The van der Waals surface area contributed by atoms with Crippen molar-refractivity contribution in [3.05, 3.63) is 66.0 Å². The zero-order valence-electron chi connectivity index (χ0n) is 12.1. The normalized spacial score (nSPS) is 10.9. The number of Topliss-reactive ketones (excluding diaryl/α,β-unsaturated/α-hetero) is 1. The summed E-state index contributed by atoms with van der Waals surface area (Å²) in [6.45, 7) is 0. The van der Waals surface area contributed by atoms with Crippen LogP contribution in [0.4, 0.5) is 0 Å². The van der Waals surface area contributed by atoms with Crippen molar-refractivity contribution in [3.63, 3.8) is 0 Å². The van der Waals surface area contributed by atoms with Crippen molar-refractivity contribution >= 4 is 16.6 Å². The minimum atomic E-state index is 0.271. The third kappa shape index (κ3) is 3.02. The van der Waals surface area contributed by atoms with Crippen LogP contribution in [-0.4, -0.2) is 15.6 Å². The second kappa shape index (κ2) is 5.92. The molecule has 3 nitrogen and oxygen atoms in total. The molecule has 1 aromatic heterocycles. The van der Waals surface area contributed by atoms with Crippen LogP contribution in [0.2, 0.25) is 0 Å². The SMILES string of the molecule is Cn1nccc1CCC(=O)Cc1cccc2ccccc12. The van der Waals surface area contributed by atoms with E-state index in [4.69, 9.17) is 0 Å². The van der Waals surface area contributed by atoms with Crippen LogP contribution in [0.1, 0.15) is 17.7 Å². The Labute approximate surface area is 124 Å². The molecule has 0 radical (unpaired) electrons. The zero-order valence-corrected chi connectivity index (χ0v) is 12.1. The number of fused-ring (bicyclic) bond motifs is 1. The molecule has 106 valence electrons. The maximum absolute atomic E-state index is 12.2. The van der Waals surface area contributed by atoms with Crippen LogP contribution in [0.25, 0.3) is 10.8 Å². The Morgan fingerprint density at radius 3 is 2.71 bits per heavy atom. The fourth-order valence-corrected chi connectivity index (χ4v) is 2.66. The van der Waals surface area contributed by atoms with E-state index in [2.05, 4.69) is 23.3 Å². The molecule has 3 rings (SSSR count).